The molecule has 3 N–H and O–H groups in total. The maximum Gasteiger partial charge on any atom is 0.307 e. The van der Waals surface area contributed by atoms with Crippen LogP contribution in [0.5, 0.6) is 17.5 Å². The van der Waals surface area contributed by atoms with Gasteiger partial charge in [-0.15, -0.1) is 0 Å². The molecule has 4 rings (SSSR count). The van der Waals surface area contributed by atoms with Gasteiger partial charge in [-0.3, -0.25) is 14.3 Å². The van der Waals surface area contributed by atoms with E-state index in [1.807, 2.05) is 45.0 Å². The van der Waals surface area contributed by atoms with Crippen LogP contribution < -0.4 is 4.74 Å². The smallest absolute Gasteiger partial charge is 0.307 e. The number of hydrogen-bond acceptors (Lipinski definition) is 5. The van der Waals surface area contributed by atoms with Crippen molar-refractivity contribution in [3.8, 4) is 17.5 Å². The van der Waals surface area contributed by atoms with Gasteiger partial charge in [-0.2, -0.15) is 0 Å². The maximum absolute atomic E-state index is 11.9. The van der Waals surface area contributed by atoms with Crippen molar-refractivity contribution in [1.82, 2.24) is 9.47 Å². The first-order chi connectivity index (χ1) is 18.0. The summed E-state index contributed by atoms with van der Waals surface area (Å²) in [7, 11) is 0. The van der Waals surface area contributed by atoms with Crippen molar-refractivity contribution in [2.75, 3.05) is 13.2 Å². The number of benzene rings is 2. The number of aryl methyl sites for hydroxylation is 1. The lowest BCUT2D eigenvalue weighted by atomic mass is 10.00. The third-order valence-electron chi connectivity index (χ3n) is 7.96. The van der Waals surface area contributed by atoms with E-state index in [1.165, 1.54) is 16.7 Å². The predicted molar refractivity (Wildman–Crippen MR) is 148 cm³/mol. The summed E-state index contributed by atoms with van der Waals surface area (Å²) in [5.74, 6) is -0.262. The fraction of sp³-hybridized carbons (Fsp3) is 0.433. The van der Waals surface area contributed by atoms with Crippen LogP contribution >= 0.6 is 11.6 Å². The monoisotopic (exact) mass is 540 g/mol. The van der Waals surface area contributed by atoms with E-state index >= 15 is 0 Å². The number of carbonyl (C=O) groups is 1. The molecule has 1 aliphatic rings. The third-order valence-corrected chi connectivity index (χ3v) is 8.21. The number of rotatable bonds is 12. The van der Waals surface area contributed by atoms with Gasteiger partial charge in [-0.1, -0.05) is 56.6 Å². The van der Waals surface area contributed by atoms with E-state index in [4.69, 9.17) is 16.3 Å². The molecule has 0 aliphatic heterocycles. The largest absolute Gasteiger partial charge is 0.494 e. The maximum atomic E-state index is 11.9. The molecule has 0 radical (unpaired) electrons. The van der Waals surface area contributed by atoms with E-state index in [0.717, 1.165) is 28.9 Å². The van der Waals surface area contributed by atoms with Crippen LogP contribution in [0.1, 0.15) is 49.9 Å². The van der Waals surface area contributed by atoms with Gasteiger partial charge in [0.05, 0.1) is 12.5 Å². The molecule has 2 aromatic carbocycles. The third kappa shape index (κ3) is 5.94. The summed E-state index contributed by atoms with van der Waals surface area (Å²) in [6.07, 6.45) is 0.881. The molecule has 1 heterocycles. The molecule has 1 aliphatic carbocycles. The Morgan fingerprint density at radius 1 is 1.11 bits per heavy atom. The highest BCUT2D eigenvalue weighted by Gasteiger charge is 2.62. The van der Waals surface area contributed by atoms with Gasteiger partial charge in [0.1, 0.15) is 12.4 Å². The Morgan fingerprint density at radius 2 is 1.76 bits per heavy atom. The van der Waals surface area contributed by atoms with Crippen LogP contribution in [0.25, 0.3) is 0 Å². The van der Waals surface area contributed by atoms with Crippen LogP contribution in [0.4, 0.5) is 0 Å². The number of aromatic hydroxyl groups is 2. The van der Waals surface area contributed by atoms with Gasteiger partial charge in [-0.25, -0.2) is 0 Å². The van der Waals surface area contributed by atoms with Gasteiger partial charge < -0.3 is 20.1 Å². The topological polar surface area (TPSA) is 95.2 Å². The van der Waals surface area contributed by atoms with E-state index in [1.54, 1.807) is 0 Å². The lowest BCUT2D eigenvalue weighted by molar-refractivity contribution is -0.139. The van der Waals surface area contributed by atoms with Crippen molar-refractivity contribution in [2.24, 2.45) is 17.3 Å². The van der Waals surface area contributed by atoms with Crippen molar-refractivity contribution < 1.29 is 24.9 Å². The van der Waals surface area contributed by atoms with Crippen LogP contribution in [0.15, 0.2) is 54.6 Å². The summed E-state index contributed by atoms with van der Waals surface area (Å²) in [6, 6.07) is 17.0. The first-order valence-corrected chi connectivity index (χ1v) is 13.4. The van der Waals surface area contributed by atoms with Crippen LogP contribution in [-0.4, -0.2) is 43.9 Å². The average Bonchev–Trinajstić information content (AvgIpc) is 3.26. The molecule has 1 fully saturated rings. The second kappa shape index (κ2) is 11.3. The minimum Gasteiger partial charge on any atom is -0.494 e. The van der Waals surface area contributed by atoms with Crippen LogP contribution in [0.3, 0.4) is 0 Å². The summed E-state index contributed by atoms with van der Waals surface area (Å²) in [6.45, 7) is 10.2. The Balaban J connectivity index is 1.51. The molecule has 1 aromatic heterocycles. The Labute approximate surface area is 229 Å². The zero-order valence-electron chi connectivity index (χ0n) is 22.4. The Kier molecular flexibility index (Phi) is 8.28. The zero-order valence-corrected chi connectivity index (χ0v) is 23.2. The van der Waals surface area contributed by atoms with Gasteiger partial charge in [0, 0.05) is 36.3 Å². The lowest BCUT2D eigenvalue weighted by Gasteiger charge is -2.32. The molecule has 0 bridgehead atoms. The van der Waals surface area contributed by atoms with E-state index in [2.05, 4.69) is 30.0 Å². The van der Waals surface area contributed by atoms with Gasteiger partial charge in [0.25, 0.3) is 0 Å². The van der Waals surface area contributed by atoms with E-state index in [-0.39, 0.29) is 35.1 Å². The SMILES string of the molecule is CCC(c1ccc(Cl)cc1)N(Cc1ccc(OCCn2c(O)ccc2O)c(C)c1)C[C@@H]1[C@@H](C(=O)O)C1(C)C. The molecule has 1 saturated carbocycles. The number of aromatic nitrogens is 1. The number of aliphatic carboxylic acids is 1. The fourth-order valence-corrected chi connectivity index (χ4v) is 5.77. The van der Waals surface area contributed by atoms with E-state index in [0.29, 0.717) is 31.3 Å². The molecule has 0 amide bonds. The van der Waals surface area contributed by atoms with Crippen molar-refractivity contribution in [3.63, 3.8) is 0 Å². The first-order valence-electron chi connectivity index (χ1n) is 13.0. The summed E-state index contributed by atoms with van der Waals surface area (Å²) in [5, 5.41) is 30.1. The van der Waals surface area contributed by atoms with Crippen molar-refractivity contribution >= 4 is 17.6 Å². The second-order valence-electron chi connectivity index (χ2n) is 10.8. The molecule has 38 heavy (non-hydrogen) atoms. The molecule has 204 valence electrons. The minimum atomic E-state index is -0.724. The van der Waals surface area contributed by atoms with Gasteiger partial charge in [0.15, 0.2) is 11.8 Å². The first kappa shape index (κ1) is 27.9. The van der Waals surface area contributed by atoms with Crippen LogP contribution in [-0.2, 0) is 17.9 Å². The normalized spacial score (nSPS) is 18.9. The van der Waals surface area contributed by atoms with E-state index in [9.17, 15) is 20.1 Å². The predicted octanol–water partition coefficient (Wildman–Crippen LogP) is 6.25. The number of nitrogens with zero attached hydrogens (tertiary/aromatic N) is 2. The molecule has 7 nitrogen and oxygen atoms in total. The number of halogens is 1. The van der Waals surface area contributed by atoms with Crippen LogP contribution in [0.2, 0.25) is 5.02 Å². The number of carboxylic acids is 1. The summed E-state index contributed by atoms with van der Waals surface area (Å²) in [4.78, 5) is 14.3. The molecular formula is C30H37ClN2O5. The second-order valence-corrected chi connectivity index (χ2v) is 11.2. The van der Waals surface area contributed by atoms with Crippen molar-refractivity contribution in [3.05, 3.63) is 76.3 Å². The Hall–Kier alpha value is -3.16. The van der Waals surface area contributed by atoms with Crippen LogP contribution in [0, 0.1) is 24.2 Å². The van der Waals surface area contributed by atoms with Crippen molar-refractivity contribution in [2.45, 2.75) is 53.2 Å². The number of carboxylic acid groups (broad SMARTS) is 1. The van der Waals surface area contributed by atoms with Gasteiger partial charge >= 0.3 is 5.97 Å². The van der Waals surface area contributed by atoms with Gasteiger partial charge in [0.2, 0.25) is 0 Å². The lowest BCUT2D eigenvalue weighted by Crippen LogP contribution is -2.31. The molecular weight excluding hydrogens is 504 g/mol. The molecule has 0 saturated heterocycles. The number of hydrogen-bond donors (Lipinski definition) is 3. The van der Waals surface area contributed by atoms with Gasteiger partial charge in [-0.05, 0) is 59.6 Å². The zero-order chi connectivity index (χ0) is 27.6. The van der Waals surface area contributed by atoms with Crippen molar-refractivity contribution in [1.29, 1.82) is 0 Å². The standard InChI is InChI=1S/C30H37ClN2O5/c1-5-24(21-7-9-22(31)10-8-21)32(18-23-28(29(36)37)30(23,3)4)17-20-6-11-25(19(2)16-20)38-15-14-33-26(34)12-13-27(33)35/h6-13,16,23-24,28,34-35H,5,14-15,17-18H2,1-4H3,(H,36,37)/t23-,24?,28+/m1/s1. The molecule has 0 spiro atoms. The Morgan fingerprint density at radius 3 is 2.32 bits per heavy atom. The highest BCUT2D eigenvalue weighted by atomic mass is 35.5. The molecule has 1 unspecified atom stereocenters. The average molecular weight is 541 g/mol. The van der Waals surface area contributed by atoms with E-state index < -0.39 is 5.97 Å². The highest BCUT2D eigenvalue weighted by Crippen LogP contribution is 2.59. The molecule has 8 heteroatoms. The summed E-state index contributed by atoms with van der Waals surface area (Å²) >= 11 is 6.15. The fourth-order valence-electron chi connectivity index (χ4n) is 5.65. The molecule has 3 atom stereocenters. The quantitative estimate of drug-likeness (QED) is 0.251. The summed E-state index contributed by atoms with van der Waals surface area (Å²) < 4.78 is 7.32. The highest BCUT2D eigenvalue weighted by molar-refractivity contribution is 6.30. The Bertz CT molecular complexity index is 1250. The number of ether oxygens (including phenoxy) is 1. The molecule has 3 aromatic rings. The minimum absolute atomic E-state index is 0.00611. The summed E-state index contributed by atoms with van der Waals surface area (Å²) in [5.41, 5.74) is 3.03.